The van der Waals surface area contributed by atoms with Gasteiger partial charge < -0.3 is 15.9 Å². The van der Waals surface area contributed by atoms with E-state index in [2.05, 4.69) is 4.98 Å². The van der Waals surface area contributed by atoms with Crippen molar-refractivity contribution in [3.05, 3.63) is 27.0 Å². The van der Waals surface area contributed by atoms with Crippen LogP contribution < -0.4 is 17.0 Å². The largest absolute Gasteiger partial charge is 0.395 e. The number of thioether (sulfide) groups is 1. The number of anilines is 1. The van der Waals surface area contributed by atoms with Crippen molar-refractivity contribution in [1.82, 2.24) is 9.55 Å². The average molecular weight is 259 g/mol. The standard InChI is InChI=1S/C9H13N3O4S/c10-4-2-12(9(16)11-8(4)15)7-1-5(14)6(3-13)17-7/h2,5-7,13-14H,1,3,10H2,(H,11,15,16)/t5-,6+,7+/m0/s1. The molecule has 0 radical (unpaired) electrons. The molecule has 1 aromatic heterocycles. The van der Waals surface area contributed by atoms with Crippen molar-refractivity contribution < 1.29 is 10.2 Å². The summed E-state index contributed by atoms with van der Waals surface area (Å²) < 4.78 is 1.28. The summed E-state index contributed by atoms with van der Waals surface area (Å²) >= 11 is 1.29. The molecule has 0 bridgehead atoms. The van der Waals surface area contributed by atoms with Gasteiger partial charge in [-0.3, -0.25) is 14.3 Å². The Morgan fingerprint density at radius 3 is 2.88 bits per heavy atom. The van der Waals surface area contributed by atoms with Gasteiger partial charge in [0.15, 0.2) is 0 Å². The highest BCUT2D eigenvalue weighted by Gasteiger charge is 2.34. The minimum Gasteiger partial charge on any atom is -0.395 e. The predicted molar refractivity (Wildman–Crippen MR) is 63.9 cm³/mol. The van der Waals surface area contributed by atoms with Gasteiger partial charge in [0.25, 0.3) is 5.56 Å². The van der Waals surface area contributed by atoms with Gasteiger partial charge in [0, 0.05) is 12.6 Å². The highest BCUT2D eigenvalue weighted by atomic mass is 32.2. The Labute approximate surface area is 100 Å². The summed E-state index contributed by atoms with van der Waals surface area (Å²) in [5.74, 6) is 0. The van der Waals surface area contributed by atoms with Crippen molar-refractivity contribution in [3.63, 3.8) is 0 Å². The van der Waals surface area contributed by atoms with Crippen molar-refractivity contribution >= 4 is 17.4 Å². The molecule has 94 valence electrons. The zero-order valence-corrected chi connectivity index (χ0v) is 9.68. The highest BCUT2D eigenvalue weighted by Crippen LogP contribution is 2.40. The summed E-state index contributed by atoms with van der Waals surface area (Å²) in [6.07, 6.45) is 0.933. The molecule has 0 aromatic carbocycles. The van der Waals surface area contributed by atoms with E-state index in [1.165, 1.54) is 22.5 Å². The van der Waals surface area contributed by atoms with E-state index in [0.717, 1.165) is 0 Å². The van der Waals surface area contributed by atoms with Gasteiger partial charge in [-0.1, -0.05) is 0 Å². The normalized spacial score (nSPS) is 28.5. The van der Waals surface area contributed by atoms with Crippen LogP contribution in [0.3, 0.4) is 0 Å². The third-order valence-electron chi connectivity index (χ3n) is 2.69. The van der Waals surface area contributed by atoms with Crippen LogP contribution >= 0.6 is 11.8 Å². The first-order chi connectivity index (χ1) is 8.02. The van der Waals surface area contributed by atoms with Crippen LogP contribution in [0.2, 0.25) is 0 Å². The van der Waals surface area contributed by atoms with E-state index < -0.39 is 17.4 Å². The van der Waals surface area contributed by atoms with E-state index in [4.69, 9.17) is 10.8 Å². The molecule has 1 aromatic rings. The van der Waals surface area contributed by atoms with Crippen LogP contribution in [0.4, 0.5) is 5.69 Å². The van der Waals surface area contributed by atoms with Crippen molar-refractivity contribution in [2.45, 2.75) is 23.1 Å². The zero-order chi connectivity index (χ0) is 12.6. The van der Waals surface area contributed by atoms with Crippen LogP contribution in [0.15, 0.2) is 15.8 Å². The van der Waals surface area contributed by atoms with E-state index in [0.29, 0.717) is 6.42 Å². The molecular formula is C9H13N3O4S. The summed E-state index contributed by atoms with van der Waals surface area (Å²) in [6, 6.07) is 0. The number of rotatable bonds is 2. The molecule has 1 aliphatic rings. The van der Waals surface area contributed by atoms with Crippen LogP contribution in [-0.4, -0.2) is 37.7 Å². The molecule has 1 fully saturated rings. The number of nitrogens with two attached hydrogens (primary N) is 1. The highest BCUT2D eigenvalue weighted by molar-refractivity contribution is 8.00. The first kappa shape index (κ1) is 12.2. The van der Waals surface area contributed by atoms with Crippen LogP contribution in [0.5, 0.6) is 0 Å². The topological polar surface area (TPSA) is 121 Å². The van der Waals surface area contributed by atoms with Gasteiger partial charge in [-0.2, -0.15) is 0 Å². The lowest BCUT2D eigenvalue weighted by molar-refractivity contribution is 0.137. The number of nitrogens with zero attached hydrogens (tertiary/aromatic N) is 1. The Kier molecular flexibility index (Phi) is 3.27. The Morgan fingerprint density at radius 2 is 2.29 bits per heavy atom. The quantitative estimate of drug-likeness (QED) is 0.511. The molecule has 1 saturated heterocycles. The minimum absolute atomic E-state index is 0.0489. The Hall–Kier alpha value is -1.25. The van der Waals surface area contributed by atoms with Crippen molar-refractivity contribution in [2.75, 3.05) is 12.3 Å². The van der Waals surface area contributed by atoms with Crippen LogP contribution in [-0.2, 0) is 0 Å². The predicted octanol–water partition coefficient (Wildman–Crippen LogP) is -1.52. The summed E-state index contributed by atoms with van der Waals surface area (Å²) in [5.41, 5.74) is 4.21. The number of hydrogen-bond donors (Lipinski definition) is 4. The Morgan fingerprint density at radius 1 is 1.59 bits per heavy atom. The van der Waals surface area contributed by atoms with E-state index in [-0.39, 0.29) is 22.9 Å². The number of nitrogen functional groups attached to an aromatic ring is 1. The van der Waals surface area contributed by atoms with Gasteiger partial charge in [-0.05, 0) is 0 Å². The fraction of sp³-hybridized carbons (Fsp3) is 0.556. The maximum atomic E-state index is 11.6. The molecule has 17 heavy (non-hydrogen) atoms. The molecule has 8 heteroatoms. The van der Waals surface area contributed by atoms with E-state index >= 15 is 0 Å². The van der Waals surface area contributed by atoms with Gasteiger partial charge in [0.05, 0.1) is 23.3 Å². The van der Waals surface area contributed by atoms with Crippen LogP contribution in [0, 0.1) is 0 Å². The van der Waals surface area contributed by atoms with Gasteiger partial charge in [-0.15, -0.1) is 11.8 Å². The molecule has 0 spiro atoms. The molecule has 0 unspecified atom stereocenters. The molecule has 3 atom stereocenters. The van der Waals surface area contributed by atoms with E-state index in [1.54, 1.807) is 0 Å². The molecule has 1 aliphatic heterocycles. The molecule has 2 rings (SSSR count). The van der Waals surface area contributed by atoms with Crippen molar-refractivity contribution in [1.29, 1.82) is 0 Å². The Balaban J connectivity index is 2.34. The maximum absolute atomic E-state index is 11.6. The van der Waals surface area contributed by atoms with E-state index in [9.17, 15) is 14.7 Å². The summed E-state index contributed by atoms with van der Waals surface area (Å²) in [5, 5.41) is 18.0. The zero-order valence-electron chi connectivity index (χ0n) is 8.87. The maximum Gasteiger partial charge on any atom is 0.329 e. The SMILES string of the molecule is Nc1cn([C@H]2C[C@H](O)[C@@H](CO)S2)c(=O)[nH]c1=O. The number of aliphatic hydroxyl groups is 2. The van der Waals surface area contributed by atoms with E-state index in [1.807, 2.05) is 0 Å². The number of H-pyrrole nitrogens is 1. The summed E-state index contributed by atoms with van der Waals surface area (Å²) in [7, 11) is 0. The molecule has 0 amide bonds. The first-order valence-corrected chi connectivity index (χ1v) is 6.02. The van der Waals surface area contributed by atoms with Gasteiger partial charge in [0.2, 0.25) is 0 Å². The second-order valence-electron chi connectivity index (χ2n) is 3.87. The van der Waals surface area contributed by atoms with Gasteiger partial charge in [-0.25, -0.2) is 4.79 Å². The second kappa shape index (κ2) is 4.55. The number of aliphatic hydroxyl groups excluding tert-OH is 2. The molecular weight excluding hydrogens is 246 g/mol. The van der Waals surface area contributed by atoms with Crippen LogP contribution in [0.25, 0.3) is 0 Å². The van der Waals surface area contributed by atoms with Crippen molar-refractivity contribution in [2.24, 2.45) is 0 Å². The first-order valence-electron chi connectivity index (χ1n) is 5.08. The monoisotopic (exact) mass is 259 g/mol. The number of aromatic amines is 1. The van der Waals surface area contributed by atoms with Gasteiger partial charge in [0.1, 0.15) is 5.69 Å². The lowest BCUT2D eigenvalue weighted by atomic mass is 10.2. The third-order valence-corrected chi connectivity index (χ3v) is 4.24. The smallest absolute Gasteiger partial charge is 0.329 e. The average Bonchev–Trinajstić information content (AvgIpc) is 2.65. The van der Waals surface area contributed by atoms with Crippen molar-refractivity contribution in [3.8, 4) is 0 Å². The fourth-order valence-electron chi connectivity index (χ4n) is 1.77. The molecule has 7 nitrogen and oxygen atoms in total. The lowest BCUT2D eigenvalue weighted by Crippen LogP contribution is -2.32. The molecule has 0 aliphatic carbocycles. The fourth-order valence-corrected chi connectivity index (χ4v) is 3.14. The summed E-state index contributed by atoms with van der Waals surface area (Å²) in [4.78, 5) is 24.8. The minimum atomic E-state index is -0.671. The second-order valence-corrected chi connectivity index (χ2v) is 5.29. The molecule has 0 saturated carbocycles. The number of nitrogens with one attached hydrogen (secondary N) is 1. The molecule has 2 heterocycles. The summed E-state index contributed by atoms with van der Waals surface area (Å²) in [6.45, 7) is -0.157. The van der Waals surface area contributed by atoms with Gasteiger partial charge >= 0.3 is 5.69 Å². The van der Waals surface area contributed by atoms with Crippen LogP contribution in [0.1, 0.15) is 11.8 Å². The molecule has 5 N–H and O–H groups in total. The number of hydrogen-bond acceptors (Lipinski definition) is 6. The lowest BCUT2D eigenvalue weighted by Gasteiger charge is -2.12. The number of aromatic nitrogens is 2. The third kappa shape index (κ3) is 2.24. The Bertz CT molecular complexity index is 526.